The molecule has 0 aliphatic heterocycles. The Bertz CT molecular complexity index is 1050. The van der Waals surface area contributed by atoms with Gasteiger partial charge in [-0.1, -0.05) is 17.4 Å². The van der Waals surface area contributed by atoms with Crippen molar-refractivity contribution in [3.8, 4) is 11.5 Å². The predicted octanol–water partition coefficient (Wildman–Crippen LogP) is 3.04. The molecule has 158 valence electrons. The van der Waals surface area contributed by atoms with E-state index < -0.39 is 6.03 Å². The number of carbonyl (C=O) groups excluding carboxylic acids is 2. The molecule has 1 heterocycles. The van der Waals surface area contributed by atoms with Crippen molar-refractivity contribution in [3.63, 3.8) is 0 Å². The van der Waals surface area contributed by atoms with Gasteiger partial charge in [0.05, 0.1) is 24.5 Å². The van der Waals surface area contributed by atoms with E-state index >= 15 is 0 Å². The van der Waals surface area contributed by atoms with Gasteiger partial charge in [-0.05, 0) is 43.3 Å². The molecule has 0 radical (unpaired) electrons. The molecule has 0 saturated carbocycles. The summed E-state index contributed by atoms with van der Waals surface area (Å²) in [6, 6.07) is 9.92. The molecule has 10 heteroatoms. The molecule has 30 heavy (non-hydrogen) atoms. The zero-order valence-electron chi connectivity index (χ0n) is 16.7. The molecule has 5 N–H and O–H groups in total. The van der Waals surface area contributed by atoms with Crippen LogP contribution in [0.2, 0.25) is 0 Å². The van der Waals surface area contributed by atoms with Crippen molar-refractivity contribution in [2.45, 2.75) is 6.42 Å². The summed E-state index contributed by atoms with van der Waals surface area (Å²) in [5.74, 6) is 0.741. The molecule has 0 aliphatic rings. The second-order valence-corrected chi connectivity index (χ2v) is 7.25. The number of para-hydroxylation sites is 1. The van der Waals surface area contributed by atoms with Crippen LogP contribution in [0.15, 0.2) is 36.4 Å². The number of aromatic nitrogens is 1. The van der Waals surface area contributed by atoms with Gasteiger partial charge in [-0.2, -0.15) is 0 Å². The van der Waals surface area contributed by atoms with E-state index in [0.717, 1.165) is 4.70 Å². The molecule has 3 aromatic rings. The number of methoxy groups -OCH3 is 2. The van der Waals surface area contributed by atoms with Crippen molar-refractivity contribution in [1.82, 2.24) is 10.3 Å². The average Bonchev–Trinajstić information content (AvgIpc) is 3.15. The maximum Gasteiger partial charge on any atom is 0.325 e. The maximum absolute atomic E-state index is 12.4. The normalized spacial score (nSPS) is 10.5. The number of amides is 3. The SMILES string of the molecule is COc1ccc(NC(=O)Nc2nc3c(OC)cccc3s2)cc1C(=O)NCCCN. The van der Waals surface area contributed by atoms with E-state index in [1.54, 1.807) is 25.3 Å². The summed E-state index contributed by atoms with van der Waals surface area (Å²) in [5, 5.41) is 8.62. The van der Waals surface area contributed by atoms with E-state index in [4.69, 9.17) is 15.2 Å². The van der Waals surface area contributed by atoms with Gasteiger partial charge < -0.3 is 25.8 Å². The van der Waals surface area contributed by atoms with Crippen LogP contribution in [0.3, 0.4) is 0 Å². The predicted molar refractivity (Wildman–Crippen MR) is 118 cm³/mol. The number of hydrogen-bond acceptors (Lipinski definition) is 7. The van der Waals surface area contributed by atoms with Crippen molar-refractivity contribution >= 4 is 44.3 Å². The van der Waals surface area contributed by atoms with Crippen molar-refractivity contribution in [2.24, 2.45) is 5.73 Å². The minimum Gasteiger partial charge on any atom is -0.496 e. The molecular weight excluding hydrogens is 406 g/mol. The quantitative estimate of drug-likeness (QED) is 0.408. The summed E-state index contributed by atoms with van der Waals surface area (Å²) >= 11 is 1.33. The highest BCUT2D eigenvalue weighted by Crippen LogP contribution is 2.32. The topological polar surface area (TPSA) is 128 Å². The summed E-state index contributed by atoms with van der Waals surface area (Å²) in [5.41, 5.74) is 6.89. The third-order valence-corrected chi connectivity index (χ3v) is 5.13. The molecule has 1 aromatic heterocycles. The molecule has 0 aliphatic carbocycles. The van der Waals surface area contributed by atoms with E-state index in [1.807, 2.05) is 18.2 Å². The van der Waals surface area contributed by atoms with Crippen molar-refractivity contribution < 1.29 is 19.1 Å². The first-order valence-corrected chi connectivity index (χ1v) is 10.0. The zero-order valence-corrected chi connectivity index (χ0v) is 17.5. The Kier molecular flexibility index (Phi) is 7.04. The number of carbonyl (C=O) groups is 2. The van der Waals surface area contributed by atoms with E-state index in [0.29, 0.717) is 52.9 Å². The number of rotatable bonds is 8. The van der Waals surface area contributed by atoms with Crippen molar-refractivity contribution in [1.29, 1.82) is 0 Å². The van der Waals surface area contributed by atoms with Gasteiger partial charge in [0.1, 0.15) is 17.0 Å². The zero-order chi connectivity index (χ0) is 21.5. The standard InChI is InChI=1S/C20H23N5O4S/c1-28-14-8-7-12(11-13(14)18(26)22-10-4-9-21)23-19(27)25-20-24-17-15(29-2)5-3-6-16(17)30-20/h3,5-8,11H,4,9-10,21H2,1-2H3,(H,22,26)(H2,23,24,25,27). The van der Waals surface area contributed by atoms with E-state index in [9.17, 15) is 9.59 Å². The molecule has 3 rings (SSSR count). The fourth-order valence-corrected chi connectivity index (χ4v) is 3.64. The number of nitrogens with zero attached hydrogens (tertiary/aromatic N) is 1. The molecule has 9 nitrogen and oxygen atoms in total. The first-order chi connectivity index (χ1) is 14.5. The van der Waals surface area contributed by atoms with E-state index in [-0.39, 0.29) is 5.91 Å². The summed E-state index contributed by atoms with van der Waals surface area (Å²) < 4.78 is 11.4. The van der Waals surface area contributed by atoms with E-state index in [2.05, 4.69) is 20.9 Å². The van der Waals surface area contributed by atoms with Gasteiger partial charge in [0.2, 0.25) is 0 Å². The third kappa shape index (κ3) is 4.97. The first-order valence-electron chi connectivity index (χ1n) is 9.23. The fourth-order valence-electron chi connectivity index (χ4n) is 2.76. The molecule has 0 unspecified atom stereocenters. The Labute approximate surface area is 177 Å². The molecular formula is C20H23N5O4S. The Morgan fingerprint density at radius 2 is 1.90 bits per heavy atom. The Morgan fingerprint density at radius 3 is 2.63 bits per heavy atom. The molecule has 0 bridgehead atoms. The third-order valence-electron chi connectivity index (χ3n) is 4.19. The Morgan fingerprint density at radius 1 is 1.10 bits per heavy atom. The number of urea groups is 1. The lowest BCUT2D eigenvalue weighted by atomic mass is 10.1. The number of hydrogen-bond donors (Lipinski definition) is 4. The average molecular weight is 430 g/mol. The number of nitrogens with two attached hydrogens (primary N) is 1. The van der Waals surface area contributed by atoms with Crippen molar-refractivity contribution in [3.05, 3.63) is 42.0 Å². The smallest absolute Gasteiger partial charge is 0.325 e. The fraction of sp³-hybridized carbons (Fsp3) is 0.250. The van der Waals surface area contributed by atoms with Gasteiger partial charge in [-0.15, -0.1) is 0 Å². The van der Waals surface area contributed by atoms with Gasteiger partial charge in [0, 0.05) is 12.2 Å². The lowest BCUT2D eigenvalue weighted by molar-refractivity contribution is 0.0950. The van der Waals surface area contributed by atoms with Crippen LogP contribution in [0.4, 0.5) is 15.6 Å². The molecule has 3 amide bonds. The molecule has 0 atom stereocenters. The highest BCUT2D eigenvalue weighted by Gasteiger charge is 2.15. The highest BCUT2D eigenvalue weighted by atomic mass is 32.1. The van der Waals surface area contributed by atoms with Crippen LogP contribution in [0.25, 0.3) is 10.2 Å². The van der Waals surface area contributed by atoms with Crippen LogP contribution in [-0.2, 0) is 0 Å². The van der Waals surface area contributed by atoms with Crippen LogP contribution in [0.5, 0.6) is 11.5 Å². The minimum atomic E-state index is -0.479. The van der Waals surface area contributed by atoms with Gasteiger partial charge in [-0.25, -0.2) is 9.78 Å². The maximum atomic E-state index is 12.4. The van der Waals surface area contributed by atoms with Crippen molar-refractivity contribution in [2.75, 3.05) is 37.9 Å². The number of fused-ring (bicyclic) bond motifs is 1. The lowest BCUT2D eigenvalue weighted by Gasteiger charge is -2.12. The second-order valence-electron chi connectivity index (χ2n) is 6.22. The largest absolute Gasteiger partial charge is 0.496 e. The summed E-state index contributed by atoms with van der Waals surface area (Å²) in [7, 11) is 3.05. The summed E-state index contributed by atoms with van der Waals surface area (Å²) in [6.07, 6.45) is 0.668. The molecule has 0 fully saturated rings. The number of anilines is 2. The van der Waals surface area contributed by atoms with Gasteiger partial charge >= 0.3 is 6.03 Å². The highest BCUT2D eigenvalue weighted by molar-refractivity contribution is 7.22. The van der Waals surface area contributed by atoms with Crippen LogP contribution >= 0.6 is 11.3 Å². The number of nitrogens with one attached hydrogen (secondary N) is 3. The monoisotopic (exact) mass is 429 g/mol. The van der Waals surface area contributed by atoms with Crippen LogP contribution in [0, 0.1) is 0 Å². The second kappa shape index (κ2) is 9.90. The number of thiazole rings is 1. The van der Waals surface area contributed by atoms with Gasteiger partial charge in [0.15, 0.2) is 5.13 Å². The Hall–Kier alpha value is -3.37. The molecule has 0 spiro atoms. The van der Waals surface area contributed by atoms with Crippen LogP contribution < -0.4 is 31.2 Å². The molecule has 2 aromatic carbocycles. The van der Waals surface area contributed by atoms with E-state index in [1.165, 1.54) is 18.4 Å². The van der Waals surface area contributed by atoms with Crippen LogP contribution in [-0.4, -0.2) is 44.2 Å². The Balaban J connectivity index is 1.72. The molecule has 0 saturated heterocycles. The van der Waals surface area contributed by atoms with Crippen LogP contribution in [0.1, 0.15) is 16.8 Å². The van der Waals surface area contributed by atoms with Gasteiger partial charge in [-0.3, -0.25) is 10.1 Å². The summed E-state index contributed by atoms with van der Waals surface area (Å²) in [6.45, 7) is 0.939. The first kappa shape index (κ1) is 21.3. The summed E-state index contributed by atoms with van der Waals surface area (Å²) in [4.78, 5) is 29.2. The minimum absolute atomic E-state index is 0.303. The number of benzene rings is 2. The number of ether oxygens (including phenoxy) is 2. The van der Waals surface area contributed by atoms with Gasteiger partial charge in [0.25, 0.3) is 5.91 Å². The lowest BCUT2D eigenvalue weighted by Crippen LogP contribution is -2.26.